The number of piperazine rings is 1. The molecular weight excluding hydrogens is 242 g/mol. The number of carbonyl (C=O) groups excluding carboxylic acids is 2. The number of amides is 2. The van der Waals surface area contributed by atoms with Crippen LogP contribution in [0.15, 0.2) is 24.3 Å². The fourth-order valence-corrected chi connectivity index (χ4v) is 2.28. The Morgan fingerprint density at radius 1 is 1.05 bits per heavy atom. The van der Waals surface area contributed by atoms with Gasteiger partial charge in [0.2, 0.25) is 5.91 Å². The van der Waals surface area contributed by atoms with Crippen molar-refractivity contribution >= 4 is 17.5 Å². The molecule has 1 aliphatic rings. The van der Waals surface area contributed by atoms with Crippen LogP contribution < -0.4 is 5.32 Å². The van der Waals surface area contributed by atoms with E-state index in [1.807, 2.05) is 24.3 Å². The van der Waals surface area contributed by atoms with E-state index in [4.69, 9.17) is 0 Å². The highest BCUT2D eigenvalue weighted by molar-refractivity contribution is 5.99. The van der Waals surface area contributed by atoms with E-state index in [1.54, 1.807) is 23.8 Å². The molecule has 1 aliphatic heterocycles. The van der Waals surface area contributed by atoms with E-state index in [0.717, 1.165) is 5.69 Å². The van der Waals surface area contributed by atoms with Gasteiger partial charge < -0.3 is 15.1 Å². The Bertz CT molecular complexity index is 479. The molecule has 1 N–H and O–H groups in total. The molecule has 2 rings (SSSR count). The average Bonchev–Trinajstić information content (AvgIpc) is 2.46. The Morgan fingerprint density at radius 3 is 2.21 bits per heavy atom. The molecule has 0 saturated carbocycles. The first kappa shape index (κ1) is 13.4. The Kier molecular flexibility index (Phi) is 4.04. The lowest BCUT2D eigenvalue weighted by molar-refractivity contribution is -0.130. The summed E-state index contributed by atoms with van der Waals surface area (Å²) in [6.45, 7) is 3.98. The van der Waals surface area contributed by atoms with E-state index in [2.05, 4.69) is 5.32 Å². The molecule has 0 atom stereocenters. The predicted octanol–water partition coefficient (Wildman–Crippen LogP) is 1.03. The maximum Gasteiger partial charge on any atom is 0.256 e. The lowest BCUT2D eigenvalue weighted by atomic mass is 10.1. The minimum absolute atomic E-state index is 0.0214. The highest BCUT2D eigenvalue weighted by Crippen LogP contribution is 2.17. The highest BCUT2D eigenvalue weighted by atomic mass is 16.2. The van der Waals surface area contributed by atoms with Crippen LogP contribution in [-0.2, 0) is 4.79 Å². The molecule has 1 heterocycles. The molecule has 5 nitrogen and oxygen atoms in total. The van der Waals surface area contributed by atoms with Gasteiger partial charge in [-0.25, -0.2) is 0 Å². The zero-order valence-electron chi connectivity index (χ0n) is 11.3. The summed E-state index contributed by atoms with van der Waals surface area (Å²) in [5.74, 6) is 0.0934. The van der Waals surface area contributed by atoms with Crippen molar-refractivity contribution in [2.24, 2.45) is 0 Å². The quantitative estimate of drug-likeness (QED) is 0.865. The summed E-state index contributed by atoms with van der Waals surface area (Å²) < 4.78 is 0. The lowest BCUT2D eigenvalue weighted by Crippen LogP contribution is -2.50. The smallest absolute Gasteiger partial charge is 0.256 e. The average molecular weight is 261 g/mol. The number of anilines is 1. The lowest BCUT2D eigenvalue weighted by Gasteiger charge is -2.34. The second kappa shape index (κ2) is 5.73. The largest absolute Gasteiger partial charge is 0.387 e. The Labute approximate surface area is 113 Å². The molecule has 1 aromatic rings. The van der Waals surface area contributed by atoms with Crippen molar-refractivity contribution in [1.29, 1.82) is 0 Å². The van der Waals surface area contributed by atoms with Gasteiger partial charge >= 0.3 is 0 Å². The van der Waals surface area contributed by atoms with E-state index < -0.39 is 0 Å². The number of nitrogens with zero attached hydrogens (tertiary/aromatic N) is 2. The van der Waals surface area contributed by atoms with Gasteiger partial charge in [0, 0.05) is 45.8 Å². The van der Waals surface area contributed by atoms with Crippen molar-refractivity contribution < 1.29 is 9.59 Å². The molecule has 5 heteroatoms. The van der Waals surface area contributed by atoms with Crippen LogP contribution in [0.3, 0.4) is 0 Å². The van der Waals surface area contributed by atoms with Crippen LogP contribution in [0.4, 0.5) is 5.69 Å². The Hall–Kier alpha value is -2.04. The SMILES string of the molecule is CNc1ccccc1C(=O)N1CCN(C(C)=O)CC1. The molecule has 1 aromatic carbocycles. The van der Waals surface area contributed by atoms with Gasteiger partial charge in [0.1, 0.15) is 0 Å². The second-order valence-corrected chi connectivity index (χ2v) is 4.59. The number of hydrogen-bond acceptors (Lipinski definition) is 3. The first-order valence-electron chi connectivity index (χ1n) is 6.45. The van der Waals surface area contributed by atoms with Gasteiger partial charge in [0.25, 0.3) is 5.91 Å². The molecular formula is C14H19N3O2. The number of hydrogen-bond donors (Lipinski definition) is 1. The highest BCUT2D eigenvalue weighted by Gasteiger charge is 2.24. The first-order chi connectivity index (χ1) is 9.13. The summed E-state index contributed by atoms with van der Waals surface area (Å²) in [5.41, 5.74) is 1.52. The summed E-state index contributed by atoms with van der Waals surface area (Å²) in [7, 11) is 1.81. The Balaban J connectivity index is 2.07. The van der Waals surface area contributed by atoms with Gasteiger partial charge in [-0.15, -0.1) is 0 Å². The molecule has 0 aliphatic carbocycles. The third kappa shape index (κ3) is 2.86. The molecule has 1 saturated heterocycles. The Morgan fingerprint density at radius 2 is 1.63 bits per heavy atom. The number of para-hydroxylation sites is 1. The molecule has 0 unspecified atom stereocenters. The van der Waals surface area contributed by atoms with Crippen molar-refractivity contribution in [3.05, 3.63) is 29.8 Å². The van der Waals surface area contributed by atoms with Gasteiger partial charge in [-0.1, -0.05) is 12.1 Å². The minimum atomic E-state index is 0.0214. The van der Waals surface area contributed by atoms with E-state index in [-0.39, 0.29) is 11.8 Å². The standard InChI is InChI=1S/C14H19N3O2/c1-11(18)16-7-9-17(10-8-16)14(19)12-5-3-4-6-13(12)15-2/h3-6,15H,7-10H2,1-2H3. The van der Waals surface area contributed by atoms with Crippen LogP contribution in [0.1, 0.15) is 17.3 Å². The summed E-state index contributed by atoms with van der Waals surface area (Å²) in [6, 6.07) is 7.47. The molecule has 0 spiro atoms. The van der Waals surface area contributed by atoms with Gasteiger partial charge in [-0.05, 0) is 12.1 Å². The monoisotopic (exact) mass is 261 g/mol. The van der Waals surface area contributed by atoms with Crippen LogP contribution in [-0.4, -0.2) is 54.8 Å². The maximum absolute atomic E-state index is 12.4. The van der Waals surface area contributed by atoms with Crippen LogP contribution in [0, 0.1) is 0 Å². The van der Waals surface area contributed by atoms with E-state index >= 15 is 0 Å². The summed E-state index contributed by atoms with van der Waals surface area (Å²) in [5, 5.41) is 3.03. The van der Waals surface area contributed by atoms with Crippen LogP contribution in [0.2, 0.25) is 0 Å². The summed E-state index contributed by atoms with van der Waals surface area (Å²) >= 11 is 0. The topological polar surface area (TPSA) is 52.7 Å². The fourth-order valence-electron chi connectivity index (χ4n) is 2.28. The summed E-state index contributed by atoms with van der Waals surface area (Å²) in [4.78, 5) is 27.3. The van der Waals surface area contributed by atoms with Crippen molar-refractivity contribution in [3.8, 4) is 0 Å². The van der Waals surface area contributed by atoms with Gasteiger partial charge in [0.05, 0.1) is 5.56 Å². The van der Waals surface area contributed by atoms with Crippen LogP contribution in [0.25, 0.3) is 0 Å². The summed E-state index contributed by atoms with van der Waals surface area (Å²) in [6.07, 6.45) is 0. The van der Waals surface area contributed by atoms with Gasteiger partial charge in [-0.2, -0.15) is 0 Å². The second-order valence-electron chi connectivity index (χ2n) is 4.59. The van der Waals surface area contributed by atoms with Crippen molar-refractivity contribution in [2.45, 2.75) is 6.92 Å². The molecule has 1 fully saturated rings. The van der Waals surface area contributed by atoms with Gasteiger partial charge in [-0.3, -0.25) is 9.59 Å². The zero-order chi connectivity index (χ0) is 13.8. The predicted molar refractivity (Wildman–Crippen MR) is 74.1 cm³/mol. The third-order valence-electron chi connectivity index (χ3n) is 3.44. The van der Waals surface area contributed by atoms with Crippen molar-refractivity contribution in [1.82, 2.24) is 9.80 Å². The van der Waals surface area contributed by atoms with Gasteiger partial charge in [0.15, 0.2) is 0 Å². The maximum atomic E-state index is 12.4. The number of rotatable bonds is 2. The van der Waals surface area contributed by atoms with Crippen molar-refractivity contribution in [3.63, 3.8) is 0 Å². The molecule has 19 heavy (non-hydrogen) atoms. The van der Waals surface area contributed by atoms with Crippen LogP contribution in [0.5, 0.6) is 0 Å². The molecule has 102 valence electrons. The van der Waals surface area contributed by atoms with E-state index in [1.165, 1.54) is 0 Å². The minimum Gasteiger partial charge on any atom is -0.387 e. The molecule has 0 aromatic heterocycles. The van der Waals surface area contributed by atoms with Crippen molar-refractivity contribution in [2.75, 3.05) is 38.5 Å². The van der Waals surface area contributed by atoms with E-state index in [9.17, 15) is 9.59 Å². The number of carbonyl (C=O) groups is 2. The zero-order valence-corrected chi connectivity index (χ0v) is 11.3. The molecule has 2 amide bonds. The normalized spacial score (nSPS) is 15.3. The fraction of sp³-hybridized carbons (Fsp3) is 0.429. The van der Waals surface area contributed by atoms with Crippen LogP contribution >= 0.6 is 0 Å². The first-order valence-corrected chi connectivity index (χ1v) is 6.45. The number of benzene rings is 1. The molecule has 0 radical (unpaired) electrons. The van der Waals surface area contributed by atoms with E-state index in [0.29, 0.717) is 31.7 Å². The molecule has 0 bridgehead atoms. The third-order valence-corrected chi connectivity index (χ3v) is 3.44. The number of nitrogens with one attached hydrogen (secondary N) is 1.